The number of para-hydroxylation sites is 1. The summed E-state index contributed by atoms with van der Waals surface area (Å²) in [7, 11) is 2.01. The quantitative estimate of drug-likeness (QED) is 0.895. The third kappa shape index (κ3) is 2.68. The molecule has 0 aliphatic carbocycles. The third-order valence-electron chi connectivity index (χ3n) is 2.97. The van der Waals surface area contributed by atoms with Crippen LogP contribution < -0.4 is 4.90 Å². The Bertz CT molecular complexity index is 511. The Morgan fingerprint density at radius 3 is 2.56 bits per heavy atom. The summed E-state index contributed by atoms with van der Waals surface area (Å²) >= 11 is 0. The first-order valence-electron chi connectivity index (χ1n) is 6.07. The zero-order valence-corrected chi connectivity index (χ0v) is 10.8. The van der Waals surface area contributed by atoms with Crippen LogP contribution in [0.4, 0.5) is 11.5 Å². The van der Waals surface area contributed by atoms with Crippen molar-refractivity contribution in [3.8, 4) is 0 Å². The molecule has 1 N–H and O–H groups in total. The number of aliphatic hydroxyl groups excluding tert-OH is 1. The molecule has 0 aliphatic heterocycles. The lowest BCUT2D eigenvalue weighted by Gasteiger charge is -2.20. The summed E-state index contributed by atoms with van der Waals surface area (Å²) in [5.41, 5.74) is 3.30. The fourth-order valence-electron chi connectivity index (χ4n) is 2.02. The predicted octanol–water partition coefficient (Wildman–Crippen LogP) is 2.69. The van der Waals surface area contributed by atoms with Gasteiger partial charge in [-0.05, 0) is 36.6 Å². The van der Waals surface area contributed by atoms with E-state index < -0.39 is 0 Å². The smallest absolute Gasteiger partial charge is 0.135 e. The van der Waals surface area contributed by atoms with Crippen molar-refractivity contribution in [2.24, 2.45) is 0 Å². The van der Waals surface area contributed by atoms with Gasteiger partial charge in [0.25, 0.3) is 0 Å². The maximum absolute atomic E-state index is 8.93. The van der Waals surface area contributed by atoms with Gasteiger partial charge in [0, 0.05) is 25.5 Å². The predicted molar refractivity (Wildman–Crippen MR) is 74.3 cm³/mol. The molecular formula is C15H18N2O. The number of pyridine rings is 1. The molecule has 1 aromatic carbocycles. The van der Waals surface area contributed by atoms with Crippen molar-refractivity contribution < 1.29 is 5.11 Å². The van der Waals surface area contributed by atoms with Crippen LogP contribution in [-0.4, -0.2) is 23.7 Å². The maximum Gasteiger partial charge on any atom is 0.135 e. The Balaban J connectivity index is 2.28. The second-order valence-electron chi connectivity index (χ2n) is 4.35. The molecule has 0 amide bonds. The molecule has 3 nitrogen and oxygen atoms in total. The minimum atomic E-state index is 0.162. The fourth-order valence-corrected chi connectivity index (χ4v) is 2.02. The molecule has 94 valence electrons. The van der Waals surface area contributed by atoms with Gasteiger partial charge in [0.2, 0.25) is 0 Å². The zero-order valence-electron chi connectivity index (χ0n) is 10.8. The average Bonchev–Trinajstić information content (AvgIpc) is 2.40. The van der Waals surface area contributed by atoms with E-state index in [1.807, 2.05) is 38.4 Å². The van der Waals surface area contributed by atoms with Crippen LogP contribution in [-0.2, 0) is 6.42 Å². The summed E-state index contributed by atoms with van der Waals surface area (Å²) in [4.78, 5) is 6.56. The summed E-state index contributed by atoms with van der Waals surface area (Å²) in [5, 5.41) is 8.93. The van der Waals surface area contributed by atoms with Crippen LogP contribution in [0.2, 0.25) is 0 Å². The van der Waals surface area contributed by atoms with E-state index >= 15 is 0 Å². The summed E-state index contributed by atoms with van der Waals surface area (Å²) in [6, 6.07) is 12.2. The Morgan fingerprint density at radius 2 is 1.94 bits per heavy atom. The largest absolute Gasteiger partial charge is 0.396 e. The lowest BCUT2D eigenvalue weighted by molar-refractivity contribution is 0.299. The Morgan fingerprint density at radius 1 is 1.22 bits per heavy atom. The molecule has 2 rings (SSSR count). The van der Waals surface area contributed by atoms with Crippen molar-refractivity contribution in [1.29, 1.82) is 0 Å². The van der Waals surface area contributed by atoms with E-state index in [2.05, 4.69) is 28.1 Å². The number of rotatable bonds is 4. The summed E-state index contributed by atoms with van der Waals surface area (Å²) in [6.45, 7) is 2.21. The van der Waals surface area contributed by atoms with E-state index in [1.54, 1.807) is 0 Å². The number of hydrogen-bond donors (Lipinski definition) is 1. The third-order valence-corrected chi connectivity index (χ3v) is 2.97. The van der Waals surface area contributed by atoms with Gasteiger partial charge >= 0.3 is 0 Å². The van der Waals surface area contributed by atoms with Gasteiger partial charge in [-0.1, -0.05) is 24.3 Å². The van der Waals surface area contributed by atoms with Crippen LogP contribution >= 0.6 is 0 Å². The number of anilines is 2. The van der Waals surface area contributed by atoms with Gasteiger partial charge < -0.3 is 10.0 Å². The molecule has 3 heteroatoms. The van der Waals surface area contributed by atoms with E-state index in [0.29, 0.717) is 6.42 Å². The summed E-state index contributed by atoms with van der Waals surface area (Å²) < 4.78 is 0. The SMILES string of the molecule is Cc1cc(CCO)cnc1N(C)c1ccccc1. The maximum atomic E-state index is 8.93. The molecule has 2 aromatic rings. The van der Waals surface area contributed by atoms with E-state index in [-0.39, 0.29) is 6.61 Å². The molecule has 0 fully saturated rings. The molecule has 0 saturated heterocycles. The molecule has 18 heavy (non-hydrogen) atoms. The second-order valence-corrected chi connectivity index (χ2v) is 4.35. The molecule has 0 atom stereocenters. The van der Waals surface area contributed by atoms with Gasteiger partial charge in [-0.15, -0.1) is 0 Å². The van der Waals surface area contributed by atoms with Crippen molar-refractivity contribution in [3.63, 3.8) is 0 Å². The molecule has 1 heterocycles. The fraction of sp³-hybridized carbons (Fsp3) is 0.267. The van der Waals surface area contributed by atoms with Gasteiger partial charge in [0.05, 0.1) is 0 Å². The molecule has 0 saturated carbocycles. The van der Waals surface area contributed by atoms with Crippen molar-refractivity contribution >= 4 is 11.5 Å². The first kappa shape index (κ1) is 12.6. The molecule has 0 radical (unpaired) electrons. The number of hydrogen-bond acceptors (Lipinski definition) is 3. The number of aryl methyl sites for hydroxylation is 1. The molecule has 0 unspecified atom stereocenters. The van der Waals surface area contributed by atoms with Crippen molar-refractivity contribution in [2.75, 3.05) is 18.6 Å². The van der Waals surface area contributed by atoms with Gasteiger partial charge in [0.1, 0.15) is 5.82 Å². The van der Waals surface area contributed by atoms with Gasteiger partial charge in [-0.3, -0.25) is 0 Å². The minimum absolute atomic E-state index is 0.162. The molecule has 0 spiro atoms. The highest BCUT2D eigenvalue weighted by molar-refractivity contribution is 5.61. The molecule has 0 aliphatic rings. The van der Waals surface area contributed by atoms with Crippen LogP contribution in [0.15, 0.2) is 42.6 Å². The first-order valence-corrected chi connectivity index (χ1v) is 6.07. The van der Waals surface area contributed by atoms with Crippen molar-refractivity contribution in [3.05, 3.63) is 53.7 Å². The molecule has 1 aromatic heterocycles. The Labute approximate surface area is 108 Å². The van der Waals surface area contributed by atoms with E-state index in [0.717, 1.165) is 22.6 Å². The number of aliphatic hydroxyl groups is 1. The number of nitrogens with zero attached hydrogens (tertiary/aromatic N) is 2. The van der Waals surface area contributed by atoms with Gasteiger partial charge in [-0.25, -0.2) is 4.98 Å². The standard InChI is InChI=1S/C15H18N2O/c1-12-10-13(8-9-18)11-16-15(12)17(2)14-6-4-3-5-7-14/h3-7,10-11,18H,8-9H2,1-2H3. The molecular weight excluding hydrogens is 224 g/mol. The topological polar surface area (TPSA) is 36.4 Å². The van der Waals surface area contributed by atoms with Gasteiger partial charge in [0.15, 0.2) is 0 Å². The van der Waals surface area contributed by atoms with Gasteiger partial charge in [-0.2, -0.15) is 0 Å². The van der Waals surface area contributed by atoms with E-state index in [4.69, 9.17) is 5.11 Å². The van der Waals surface area contributed by atoms with Crippen LogP contribution in [0, 0.1) is 6.92 Å². The van der Waals surface area contributed by atoms with E-state index in [1.165, 1.54) is 0 Å². The normalized spacial score (nSPS) is 10.4. The minimum Gasteiger partial charge on any atom is -0.396 e. The average molecular weight is 242 g/mol. The van der Waals surface area contributed by atoms with Crippen molar-refractivity contribution in [2.45, 2.75) is 13.3 Å². The first-order chi connectivity index (χ1) is 8.72. The zero-order chi connectivity index (χ0) is 13.0. The van der Waals surface area contributed by atoms with Crippen LogP contribution in [0.25, 0.3) is 0 Å². The van der Waals surface area contributed by atoms with E-state index in [9.17, 15) is 0 Å². The number of aromatic nitrogens is 1. The summed E-state index contributed by atoms with van der Waals surface area (Å²) in [5.74, 6) is 0.947. The van der Waals surface area contributed by atoms with Crippen LogP contribution in [0.3, 0.4) is 0 Å². The Hall–Kier alpha value is -1.87. The Kier molecular flexibility index (Phi) is 3.95. The van der Waals surface area contributed by atoms with Crippen LogP contribution in [0.5, 0.6) is 0 Å². The highest BCUT2D eigenvalue weighted by atomic mass is 16.2. The van der Waals surface area contributed by atoms with Crippen LogP contribution in [0.1, 0.15) is 11.1 Å². The number of benzene rings is 1. The molecule has 0 bridgehead atoms. The summed E-state index contributed by atoms with van der Waals surface area (Å²) in [6.07, 6.45) is 2.49. The highest BCUT2D eigenvalue weighted by Crippen LogP contribution is 2.24. The van der Waals surface area contributed by atoms with Crippen molar-refractivity contribution in [1.82, 2.24) is 4.98 Å². The lowest BCUT2D eigenvalue weighted by atomic mass is 10.1. The highest BCUT2D eigenvalue weighted by Gasteiger charge is 2.08. The lowest BCUT2D eigenvalue weighted by Crippen LogP contribution is -2.13. The monoisotopic (exact) mass is 242 g/mol. The second kappa shape index (κ2) is 5.65.